The summed E-state index contributed by atoms with van der Waals surface area (Å²) >= 11 is 0. The molecule has 1 heterocycles. The lowest BCUT2D eigenvalue weighted by Gasteiger charge is -2.25. The van der Waals surface area contributed by atoms with Gasteiger partial charge in [0.25, 0.3) is 0 Å². The fourth-order valence-electron chi connectivity index (χ4n) is 4.50. The van der Waals surface area contributed by atoms with Crippen molar-refractivity contribution in [3.8, 4) is 11.1 Å². The Morgan fingerprint density at radius 1 is 1.03 bits per heavy atom. The van der Waals surface area contributed by atoms with Gasteiger partial charge in [0.2, 0.25) is 0 Å². The van der Waals surface area contributed by atoms with Crippen molar-refractivity contribution in [2.24, 2.45) is 0 Å². The van der Waals surface area contributed by atoms with E-state index in [1.165, 1.54) is 4.90 Å². The molecule has 2 aromatic rings. The van der Waals surface area contributed by atoms with E-state index in [1.54, 1.807) is 0 Å². The Hall–Kier alpha value is -2.86. The van der Waals surface area contributed by atoms with Gasteiger partial charge in [0.05, 0.1) is 18.2 Å². The molecule has 0 aromatic heterocycles. The number of carbonyl (C=O) groups excluding carboxylic acids is 1. The Balaban J connectivity index is 1.48. The predicted molar refractivity (Wildman–Crippen MR) is 112 cm³/mol. The maximum atomic E-state index is 12.8. The number of likely N-dealkylation sites (tertiary alicyclic amines) is 1. The highest BCUT2D eigenvalue weighted by molar-refractivity contribution is 5.81. The molecule has 0 bridgehead atoms. The number of carbonyl (C=O) groups is 2. The van der Waals surface area contributed by atoms with Crippen LogP contribution in [0.4, 0.5) is 4.79 Å². The molecule has 1 aliphatic carbocycles. The summed E-state index contributed by atoms with van der Waals surface area (Å²) in [5, 5.41) is 9.58. The summed E-state index contributed by atoms with van der Waals surface area (Å²) in [5.41, 5.74) is 4.13. The molecule has 158 valence electrons. The van der Waals surface area contributed by atoms with E-state index in [0.29, 0.717) is 0 Å². The van der Waals surface area contributed by atoms with Crippen LogP contribution in [-0.4, -0.2) is 53.0 Å². The predicted octanol–water partition coefficient (Wildman–Crippen LogP) is 4.28. The van der Waals surface area contributed by atoms with Crippen molar-refractivity contribution in [2.45, 2.75) is 50.9 Å². The van der Waals surface area contributed by atoms with E-state index in [1.807, 2.05) is 45.0 Å². The summed E-state index contributed by atoms with van der Waals surface area (Å²) < 4.78 is 11.6. The molecule has 1 N–H and O–H groups in total. The smallest absolute Gasteiger partial charge is 0.410 e. The Bertz CT molecular complexity index is 919. The first-order valence-corrected chi connectivity index (χ1v) is 10.3. The number of carboxylic acids is 1. The lowest BCUT2D eigenvalue weighted by atomic mass is 9.98. The summed E-state index contributed by atoms with van der Waals surface area (Å²) in [4.78, 5) is 25.8. The molecule has 1 saturated heterocycles. The Morgan fingerprint density at radius 2 is 1.60 bits per heavy atom. The van der Waals surface area contributed by atoms with Crippen molar-refractivity contribution < 1.29 is 24.2 Å². The maximum absolute atomic E-state index is 12.8. The minimum absolute atomic E-state index is 0.0612. The van der Waals surface area contributed by atoms with Crippen LogP contribution in [0.3, 0.4) is 0 Å². The van der Waals surface area contributed by atoms with Crippen LogP contribution < -0.4 is 0 Å². The second-order valence-corrected chi connectivity index (χ2v) is 8.90. The summed E-state index contributed by atoms with van der Waals surface area (Å²) in [6, 6.07) is 15.3. The van der Waals surface area contributed by atoms with Gasteiger partial charge in [0.15, 0.2) is 0 Å². The second-order valence-electron chi connectivity index (χ2n) is 8.90. The highest BCUT2D eigenvalue weighted by Gasteiger charge is 2.42. The van der Waals surface area contributed by atoms with Crippen LogP contribution in [0.25, 0.3) is 11.1 Å². The van der Waals surface area contributed by atoms with Crippen molar-refractivity contribution in [1.82, 2.24) is 4.90 Å². The third kappa shape index (κ3) is 3.92. The number of fused-ring (bicyclic) bond motifs is 3. The maximum Gasteiger partial charge on any atom is 0.410 e. The topological polar surface area (TPSA) is 76.1 Å². The quantitative estimate of drug-likeness (QED) is 0.816. The highest BCUT2D eigenvalue weighted by atomic mass is 16.6. The Kier molecular flexibility index (Phi) is 5.28. The first-order valence-electron chi connectivity index (χ1n) is 10.3. The number of carboxylic acid groups (broad SMARTS) is 1. The Labute approximate surface area is 176 Å². The SMILES string of the molecule is CC(C)(C)OC1CC(C(=O)O)N(C(=O)OCC2c3ccccc3-c3ccccc32)C1. The average Bonchev–Trinajstić information content (AvgIpc) is 3.24. The van der Waals surface area contributed by atoms with E-state index in [9.17, 15) is 14.7 Å². The van der Waals surface area contributed by atoms with Gasteiger partial charge in [-0.1, -0.05) is 48.5 Å². The van der Waals surface area contributed by atoms with Gasteiger partial charge in [-0.25, -0.2) is 9.59 Å². The fraction of sp³-hybridized carbons (Fsp3) is 0.417. The third-order valence-corrected chi connectivity index (χ3v) is 5.64. The van der Waals surface area contributed by atoms with Gasteiger partial charge >= 0.3 is 12.1 Å². The summed E-state index contributed by atoms with van der Waals surface area (Å²) in [7, 11) is 0. The Morgan fingerprint density at radius 3 is 2.13 bits per heavy atom. The molecule has 2 aromatic carbocycles. The van der Waals surface area contributed by atoms with Crippen LogP contribution in [-0.2, 0) is 14.3 Å². The molecule has 30 heavy (non-hydrogen) atoms. The minimum atomic E-state index is -1.04. The van der Waals surface area contributed by atoms with Gasteiger partial charge in [-0.2, -0.15) is 0 Å². The molecular formula is C24H27NO5. The third-order valence-electron chi connectivity index (χ3n) is 5.64. The van der Waals surface area contributed by atoms with E-state index < -0.39 is 23.7 Å². The molecular weight excluding hydrogens is 382 g/mol. The number of amides is 1. The number of aliphatic carboxylic acids is 1. The van der Waals surface area contributed by atoms with Crippen LogP contribution >= 0.6 is 0 Å². The molecule has 1 aliphatic heterocycles. The normalized spacial score (nSPS) is 20.7. The molecule has 2 atom stereocenters. The summed E-state index contributed by atoms with van der Waals surface area (Å²) in [6.07, 6.45) is -0.674. The van der Waals surface area contributed by atoms with Crippen LogP contribution in [0.5, 0.6) is 0 Å². The lowest BCUT2D eigenvalue weighted by Crippen LogP contribution is -2.41. The average molecular weight is 409 g/mol. The first-order chi connectivity index (χ1) is 14.2. The van der Waals surface area contributed by atoms with Gasteiger partial charge in [-0.3, -0.25) is 4.90 Å². The van der Waals surface area contributed by atoms with Gasteiger partial charge < -0.3 is 14.6 Å². The minimum Gasteiger partial charge on any atom is -0.480 e. The fourth-order valence-corrected chi connectivity index (χ4v) is 4.50. The standard InChI is InChI=1S/C24H27NO5/c1-24(2,3)30-15-12-21(22(26)27)25(13-15)23(28)29-14-20-18-10-6-4-8-16(18)17-9-5-7-11-19(17)20/h4-11,15,20-21H,12-14H2,1-3H3,(H,26,27). The second kappa shape index (κ2) is 7.76. The largest absolute Gasteiger partial charge is 0.480 e. The van der Waals surface area contributed by atoms with Gasteiger partial charge in [-0.15, -0.1) is 0 Å². The van der Waals surface area contributed by atoms with Crippen LogP contribution in [0.2, 0.25) is 0 Å². The van der Waals surface area contributed by atoms with Gasteiger partial charge in [0.1, 0.15) is 12.6 Å². The molecule has 4 rings (SSSR count). The molecule has 6 heteroatoms. The van der Waals surface area contributed by atoms with Crippen molar-refractivity contribution in [1.29, 1.82) is 0 Å². The molecule has 0 spiro atoms. The molecule has 0 radical (unpaired) electrons. The number of nitrogens with zero attached hydrogens (tertiary/aromatic N) is 1. The molecule has 0 saturated carbocycles. The first kappa shape index (κ1) is 20.4. The molecule has 6 nitrogen and oxygen atoms in total. The van der Waals surface area contributed by atoms with Crippen LogP contribution in [0.1, 0.15) is 44.2 Å². The van der Waals surface area contributed by atoms with E-state index in [0.717, 1.165) is 22.3 Å². The monoisotopic (exact) mass is 409 g/mol. The molecule has 2 aliphatic rings. The van der Waals surface area contributed by atoms with E-state index >= 15 is 0 Å². The number of hydrogen-bond acceptors (Lipinski definition) is 4. The van der Waals surface area contributed by atoms with Crippen molar-refractivity contribution >= 4 is 12.1 Å². The number of hydrogen-bond donors (Lipinski definition) is 1. The molecule has 1 amide bonds. The van der Waals surface area contributed by atoms with Crippen LogP contribution in [0.15, 0.2) is 48.5 Å². The van der Waals surface area contributed by atoms with E-state index in [-0.39, 0.29) is 31.6 Å². The highest BCUT2D eigenvalue weighted by Crippen LogP contribution is 2.44. The zero-order chi connectivity index (χ0) is 21.5. The zero-order valence-electron chi connectivity index (χ0n) is 17.5. The van der Waals surface area contributed by atoms with E-state index in [4.69, 9.17) is 9.47 Å². The van der Waals surface area contributed by atoms with E-state index in [2.05, 4.69) is 24.3 Å². The van der Waals surface area contributed by atoms with Gasteiger partial charge in [-0.05, 0) is 43.0 Å². The van der Waals surface area contributed by atoms with Crippen molar-refractivity contribution in [3.63, 3.8) is 0 Å². The molecule has 1 fully saturated rings. The summed E-state index contributed by atoms with van der Waals surface area (Å²) in [6.45, 7) is 6.13. The van der Waals surface area contributed by atoms with Gasteiger partial charge in [0, 0.05) is 12.3 Å². The zero-order valence-corrected chi connectivity index (χ0v) is 17.5. The molecule has 2 unspecified atom stereocenters. The number of benzene rings is 2. The summed E-state index contributed by atoms with van der Waals surface area (Å²) in [5.74, 6) is -1.10. The van der Waals surface area contributed by atoms with Crippen molar-refractivity contribution in [2.75, 3.05) is 13.2 Å². The number of rotatable bonds is 4. The van der Waals surface area contributed by atoms with Crippen molar-refractivity contribution in [3.05, 3.63) is 59.7 Å². The number of ether oxygens (including phenoxy) is 2. The lowest BCUT2D eigenvalue weighted by molar-refractivity contribution is -0.141. The van der Waals surface area contributed by atoms with Crippen LogP contribution in [0, 0.1) is 0 Å².